The Bertz CT molecular complexity index is 533. The molecule has 124 valence electrons. The van der Waals surface area contributed by atoms with E-state index in [4.69, 9.17) is 9.47 Å². The normalized spacial score (nSPS) is 20.0. The molecule has 0 bridgehead atoms. The van der Waals surface area contributed by atoms with Crippen molar-refractivity contribution in [2.24, 2.45) is 0 Å². The van der Waals surface area contributed by atoms with Gasteiger partial charge in [0.15, 0.2) is 0 Å². The summed E-state index contributed by atoms with van der Waals surface area (Å²) in [6.45, 7) is 4.68. The molecule has 6 nitrogen and oxygen atoms in total. The van der Waals surface area contributed by atoms with Gasteiger partial charge in [-0.2, -0.15) is 0 Å². The molecule has 1 aliphatic rings. The van der Waals surface area contributed by atoms with E-state index >= 15 is 0 Å². The van der Waals surface area contributed by atoms with Gasteiger partial charge in [-0.05, 0) is 12.0 Å². The lowest BCUT2D eigenvalue weighted by Crippen LogP contribution is -2.35. The molecular weight excluding hydrogens is 296 g/mol. The van der Waals surface area contributed by atoms with Gasteiger partial charge in [-0.15, -0.1) is 0 Å². The molecule has 0 saturated carbocycles. The molecule has 0 aliphatic carbocycles. The van der Waals surface area contributed by atoms with Crippen LogP contribution in [-0.4, -0.2) is 43.7 Å². The summed E-state index contributed by atoms with van der Waals surface area (Å²) in [6, 6.07) is 9.25. The van der Waals surface area contributed by atoms with Crippen molar-refractivity contribution in [2.75, 3.05) is 19.7 Å². The van der Waals surface area contributed by atoms with E-state index in [1.165, 1.54) is 6.08 Å². The van der Waals surface area contributed by atoms with Crippen LogP contribution in [0.15, 0.2) is 43.0 Å². The van der Waals surface area contributed by atoms with Crippen LogP contribution in [0.25, 0.3) is 0 Å². The molecule has 0 spiro atoms. The molecule has 0 radical (unpaired) electrons. The lowest BCUT2D eigenvalue weighted by Gasteiger charge is -2.12. The molecule has 0 amide bonds. The Kier molecular flexibility index (Phi) is 6.77. The zero-order valence-electron chi connectivity index (χ0n) is 13.0. The van der Waals surface area contributed by atoms with Crippen molar-refractivity contribution in [3.05, 3.63) is 48.6 Å². The number of nitrogens with one attached hydrogen (secondary N) is 2. The highest BCUT2D eigenvalue weighted by Crippen LogP contribution is 2.10. The molecule has 1 aromatic rings. The molecule has 1 aliphatic heterocycles. The molecule has 6 heteroatoms. The quantitative estimate of drug-likeness (QED) is 0.545. The third-order valence-electron chi connectivity index (χ3n) is 3.54. The highest BCUT2D eigenvalue weighted by molar-refractivity contribution is 5.76. The second-order valence-corrected chi connectivity index (χ2v) is 5.34. The minimum absolute atomic E-state index is 0.0422. The van der Waals surface area contributed by atoms with Gasteiger partial charge in [0.25, 0.3) is 0 Å². The van der Waals surface area contributed by atoms with Gasteiger partial charge in [-0.3, -0.25) is 9.59 Å². The fraction of sp³-hybridized carbons (Fsp3) is 0.412. The molecule has 1 heterocycles. The second kappa shape index (κ2) is 9.07. The summed E-state index contributed by atoms with van der Waals surface area (Å²) in [4.78, 5) is 23.4. The van der Waals surface area contributed by atoms with Crippen molar-refractivity contribution in [3.8, 4) is 0 Å². The molecule has 1 aromatic carbocycles. The van der Waals surface area contributed by atoms with Crippen molar-refractivity contribution < 1.29 is 19.1 Å². The summed E-state index contributed by atoms with van der Waals surface area (Å²) in [5.74, 6) is -0.604. The topological polar surface area (TPSA) is 76.7 Å². The van der Waals surface area contributed by atoms with Crippen LogP contribution in [0.1, 0.15) is 12.0 Å². The van der Waals surface area contributed by atoms with Crippen molar-refractivity contribution in [1.82, 2.24) is 10.6 Å². The van der Waals surface area contributed by atoms with Gasteiger partial charge in [-0.1, -0.05) is 43.0 Å². The predicted molar refractivity (Wildman–Crippen MR) is 85.6 cm³/mol. The lowest BCUT2D eigenvalue weighted by molar-refractivity contribution is -0.147. The third kappa shape index (κ3) is 5.84. The van der Waals surface area contributed by atoms with E-state index in [0.717, 1.165) is 5.56 Å². The largest absolute Gasteiger partial charge is 0.461 e. The van der Waals surface area contributed by atoms with Gasteiger partial charge in [0.1, 0.15) is 19.3 Å². The molecular formula is C17H22N2O4. The zero-order valence-corrected chi connectivity index (χ0v) is 13.0. The van der Waals surface area contributed by atoms with Crippen LogP contribution in [0.2, 0.25) is 0 Å². The van der Waals surface area contributed by atoms with Gasteiger partial charge >= 0.3 is 11.9 Å². The van der Waals surface area contributed by atoms with Crippen molar-refractivity contribution in [2.45, 2.75) is 25.1 Å². The fourth-order valence-corrected chi connectivity index (χ4v) is 2.33. The number of benzene rings is 1. The molecule has 1 saturated heterocycles. The van der Waals surface area contributed by atoms with E-state index < -0.39 is 0 Å². The number of esters is 2. The SMILES string of the molecule is C=CCOC(=O)CNC1CNC(C(=O)OCc2ccccc2)C1. The predicted octanol–water partition coefficient (Wildman–Crippen LogP) is 0.779. The first-order chi connectivity index (χ1) is 11.2. The van der Waals surface area contributed by atoms with Crippen LogP contribution in [0.4, 0.5) is 0 Å². The van der Waals surface area contributed by atoms with E-state index in [1.807, 2.05) is 30.3 Å². The van der Waals surface area contributed by atoms with Gasteiger partial charge in [-0.25, -0.2) is 0 Å². The standard InChI is InChI=1S/C17H22N2O4/c1-2-8-22-16(20)11-18-14-9-15(19-10-14)17(21)23-12-13-6-4-3-5-7-13/h2-7,14-15,18-19H,1,8-12H2. The number of carbonyl (C=O) groups excluding carboxylic acids is 2. The van der Waals surface area contributed by atoms with E-state index in [1.54, 1.807) is 0 Å². The Hall–Kier alpha value is -2.18. The maximum Gasteiger partial charge on any atom is 0.323 e. The van der Waals surface area contributed by atoms with E-state index in [0.29, 0.717) is 13.0 Å². The fourth-order valence-electron chi connectivity index (χ4n) is 2.33. The number of rotatable bonds is 8. The Morgan fingerprint density at radius 2 is 2.09 bits per heavy atom. The average Bonchev–Trinajstić information content (AvgIpc) is 3.06. The summed E-state index contributed by atoms with van der Waals surface area (Å²) < 4.78 is 10.2. The van der Waals surface area contributed by atoms with Gasteiger partial charge in [0, 0.05) is 12.6 Å². The first-order valence-corrected chi connectivity index (χ1v) is 7.63. The Labute approximate surface area is 135 Å². The summed E-state index contributed by atoms with van der Waals surface area (Å²) in [6.07, 6.45) is 2.11. The van der Waals surface area contributed by atoms with Crippen molar-refractivity contribution in [1.29, 1.82) is 0 Å². The average molecular weight is 318 g/mol. The number of ether oxygens (including phenoxy) is 2. The molecule has 2 atom stereocenters. The van der Waals surface area contributed by atoms with Crippen LogP contribution in [0.3, 0.4) is 0 Å². The summed E-state index contributed by atoms with van der Waals surface area (Å²) in [7, 11) is 0. The van der Waals surface area contributed by atoms with E-state index in [9.17, 15) is 9.59 Å². The summed E-state index contributed by atoms with van der Waals surface area (Å²) >= 11 is 0. The van der Waals surface area contributed by atoms with E-state index in [2.05, 4.69) is 17.2 Å². The smallest absolute Gasteiger partial charge is 0.323 e. The number of carbonyl (C=O) groups is 2. The maximum atomic E-state index is 12.0. The Morgan fingerprint density at radius 1 is 1.30 bits per heavy atom. The number of hydrogen-bond donors (Lipinski definition) is 2. The highest BCUT2D eigenvalue weighted by atomic mass is 16.5. The van der Waals surface area contributed by atoms with Crippen LogP contribution >= 0.6 is 0 Å². The molecule has 2 unspecified atom stereocenters. The van der Waals surface area contributed by atoms with Crippen molar-refractivity contribution >= 4 is 11.9 Å². The maximum absolute atomic E-state index is 12.0. The van der Waals surface area contributed by atoms with Crippen LogP contribution in [0.5, 0.6) is 0 Å². The van der Waals surface area contributed by atoms with Crippen molar-refractivity contribution in [3.63, 3.8) is 0 Å². The number of hydrogen-bond acceptors (Lipinski definition) is 6. The monoisotopic (exact) mass is 318 g/mol. The second-order valence-electron chi connectivity index (χ2n) is 5.34. The van der Waals surface area contributed by atoms with Crippen LogP contribution in [-0.2, 0) is 25.7 Å². The zero-order chi connectivity index (χ0) is 16.5. The Balaban J connectivity index is 1.67. The third-order valence-corrected chi connectivity index (χ3v) is 3.54. The first kappa shape index (κ1) is 17.2. The first-order valence-electron chi connectivity index (χ1n) is 7.63. The van der Waals surface area contributed by atoms with Crippen LogP contribution in [0, 0.1) is 0 Å². The minimum Gasteiger partial charge on any atom is -0.461 e. The highest BCUT2D eigenvalue weighted by Gasteiger charge is 2.30. The Morgan fingerprint density at radius 3 is 2.83 bits per heavy atom. The summed E-state index contributed by atoms with van der Waals surface area (Å²) in [5, 5.41) is 6.17. The molecule has 2 N–H and O–H groups in total. The summed E-state index contributed by atoms with van der Waals surface area (Å²) in [5.41, 5.74) is 0.957. The minimum atomic E-state index is -0.347. The molecule has 1 fully saturated rings. The van der Waals surface area contributed by atoms with Gasteiger partial charge in [0.05, 0.1) is 6.54 Å². The molecule has 2 rings (SSSR count). The van der Waals surface area contributed by atoms with Crippen LogP contribution < -0.4 is 10.6 Å². The molecule has 0 aromatic heterocycles. The van der Waals surface area contributed by atoms with Gasteiger partial charge < -0.3 is 20.1 Å². The lowest BCUT2D eigenvalue weighted by atomic mass is 10.1. The van der Waals surface area contributed by atoms with Gasteiger partial charge in [0.2, 0.25) is 0 Å². The van der Waals surface area contributed by atoms with E-state index in [-0.39, 0.29) is 43.8 Å². The molecule has 23 heavy (non-hydrogen) atoms.